The largest absolute Gasteiger partial charge is 0.322 e. The molecular weight excluding hydrogens is 427 g/mol. The van der Waals surface area contributed by atoms with Crippen molar-refractivity contribution >= 4 is 60.7 Å². The van der Waals surface area contributed by atoms with Gasteiger partial charge in [0.1, 0.15) is 0 Å². The number of non-ortho nitro benzene ring substituents is 1. The van der Waals surface area contributed by atoms with E-state index in [0.717, 1.165) is 0 Å². The summed E-state index contributed by atoms with van der Waals surface area (Å²) in [5.74, 6) is -0.469. The van der Waals surface area contributed by atoms with E-state index in [4.69, 9.17) is 11.6 Å². The van der Waals surface area contributed by atoms with E-state index in [0.29, 0.717) is 19.7 Å². The van der Waals surface area contributed by atoms with Gasteiger partial charge in [0.2, 0.25) is 0 Å². The maximum Gasteiger partial charge on any atom is 0.270 e. The zero-order valence-electron chi connectivity index (χ0n) is 10.3. The van der Waals surface area contributed by atoms with Gasteiger partial charge in [-0.2, -0.15) is 0 Å². The van der Waals surface area contributed by atoms with Crippen LogP contribution in [0.15, 0.2) is 45.3 Å². The third kappa shape index (κ3) is 3.81. The van der Waals surface area contributed by atoms with Crippen LogP contribution in [0.2, 0.25) is 5.02 Å². The second kappa shape index (κ2) is 6.55. The second-order valence-corrected chi connectivity index (χ2v) is 6.12. The lowest BCUT2D eigenvalue weighted by Crippen LogP contribution is -2.13. The third-order valence-electron chi connectivity index (χ3n) is 2.58. The first-order chi connectivity index (χ1) is 9.88. The highest BCUT2D eigenvalue weighted by Gasteiger charge is 2.16. The number of anilines is 1. The molecule has 0 aliphatic rings. The zero-order chi connectivity index (χ0) is 15.6. The molecule has 2 rings (SSSR count). The molecular formula is C13H7Br2ClN2O3. The molecule has 0 atom stereocenters. The van der Waals surface area contributed by atoms with Gasteiger partial charge in [-0.1, -0.05) is 11.6 Å². The lowest BCUT2D eigenvalue weighted by Gasteiger charge is -2.08. The first-order valence-corrected chi connectivity index (χ1v) is 7.55. The molecule has 0 aromatic heterocycles. The van der Waals surface area contributed by atoms with Crippen LogP contribution >= 0.6 is 43.5 Å². The number of nitrogens with zero attached hydrogens (tertiary/aromatic N) is 1. The zero-order valence-corrected chi connectivity index (χ0v) is 14.2. The van der Waals surface area contributed by atoms with Crippen LogP contribution in [-0.2, 0) is 0 Å². The van der Waals surface area contributed by atoms with Gasteiger partial charge >= 0.3 is 0 Å². The lowest BCUT2D eigenvalue weighted by molar-refractivity contribution is -0.384. The second-order valence-electron chi connectivity index (χ2n) is 4.00. The van der Waals surface area contributed by atoms with Gasteiger partial charge in [0.25, 0.3) is 11.6 Å². The van der Waals surface area contributed by atoms with E-state index in [2.05, 4.69) is 37.2 Å². The molecule has 1 N–H and O–H groups in total. The van der Waals surface area contributed by atoms with Crippen molar-refractivity contribution in [3.05, 3.63) is 66.0 Å². The molecule has 0 fully saturated rings. The van der Waals surface area contributed by atoms with Crippen molar-refractivity contribution in [2.75, 3.05) is 5.32 Å². The van der Waals surface area contributed by atoms with Crippen LogP contribution in [0.4, 0.5) is 11.4 Å². The van der Waals surface area contributed by atoms with Gasteiger partial charge in [-0.25, -0.2) is 0 Å². The number of carbonyl (C=O) groups is 1. The number of rotatable bonds is 3. The van der Waals surface area contributed by atoms with E-state index < -0.39 is 10.8 Å². The number of nitro groups is 1. The van der Waals surface area contributed by atoms with Gasteiger partial charge in [0.15, 0.2) is 0 Å². The molecule has 1 amide bonds. The minimum atomic E-state index is -0.556. The molecule has 0 heterocycles. The van der Waals surface area contributed by atoms with Crippen LogP contribution in [-0.4, -0.2) is 10.8 Å². The average molecular weight is 434 g/mol. The van der Waals surface area contributed by atoms with Crippen molar-refractivity contribution in [3.8, 4) is 0 Å². The topological polar surface area (TPSA) is 72.2 Å². The molecule has 21 heavy (non-hydrogen) atoms. The molecule has 2 aromatic carbocycles. The van der Waals surface area contributed by atoms with Crippen molar-refractivity contribution in [2.45, 2.75) is 0 Å². The molecule has 2 aromatic rings. The summed E-state index contributed by atoms with van der Waals surface area (Å²) >= 11 is 12.4. The van der Waals surface area contributed by atoms with Crippen LogP contribution in [0, 0.1) is 10.1 Å². The minimum Gasteiger partial charge on any atom is -0.322 e. The molecule has 0 bridgehead atoms. The van der Waals surface area contributed by atoms with Gasteiger partial charge in [-0.15, -0.1) is 0 Å². The van der Waals surface area contributed by atoms with E-state index in [1.54, 1.807) is 18.2 Å². The normalized spacial score (nSPS) is 10.2. The van der Waals surface area contributed by atoms with E-state index in [1.165, 1.54) is 18.2 Å². The number of nitrogens with one attached hydrogen (secondary N) is 1. The van der Waals surface area contributed by atoms with E-state index in [-0.39, 0.29) is 11.3 Å². The maximum absolute atomic E-state index is 12.2. The Morgan fingerprint density at radius 2 is 1.81 bits per heavy atom. The first kappa shape index (κ1) is 15.9. The number of amides is 1. The Labute approximate surface area is 141 Å². The monoisotopic (exact) mass is 432 g/mol. The molecule has 0 aliphatic heterocycles. The van der Waals surface area contributed by atoms with Crippen molar-refractivity contribution in [2.24, 2.45) is 0 Å². The molecule has 0 radical (unpaired) electrons. The van der Waals surface area contributed by atoms with Crippen LogP contribution in [0.25, 0.3) is 0 Å². The molecule has 0 spiro atoms. The molecule has 0 unspecified atom stereocenters. The highest BCUT2D eigenvalue weighted by molar-refractivity contribution is 9.10. The summed E-state index contributed by atoms with van der Waals surface area (Å²) in [4.78, 5) is 22.4. The van der Waals surface area contributed by atoms with Gasteiger partial charge in [0, 0.05) is 26.8 Å². The SMILES string of the molecule is O=C(Nc1ccc(Br)c(Cl)c1)c1cc([N+](=O)[O-])ccc1Br. The van der Waals surface area contributed by atoms with Crippen molar-refractivity contribution in [3.63, 3.8) is 0 Å². The Bertz CT molecular complexity index is 737. The predicted octanol–water partition coefficient (Wildman–Crippen LogP) is 5.03. The van der Waals surface area contributed by atoms with Gasteiger partial charge in [0.05, 0.1) is 15.5 Å². The Kier molecular flexibility index (Phi) is 4.97. The average Bonchev–Trinajstić information content (AvgIpc) is 2.43. The molecule has 8 heteroatoms. The Hall–Kier alpha value is -1.44. The van der Waals surface area contributed by atoms with Crippen LogP contribution in [0.1, 0.15) is 10.4 Å². The molecule has 5 nitrogen and oxygen atoms in total. The summed E-state index contributed by atoms with van der Waals surface area (Å²) in [6.07, 6.45) is 0. The standard InChI is InChI=1S/C13H7Br2ClN2O3/c14-10-4-2-8(18(20)21)6-9(10)13(19)17-7-1-3-11(15)12(16)5-7/h1-6H,(H,17,19). The van der Waals surface area contributed by atoms with Crippen LogP contribution in [0.5, 0.6) is 0 Å². The Morgan fingerprint density at radius 3 is 2.43 bits per heavy atom. The summed E-state index contributed by atoms with van der Waals surface area (Å²) < 4.78 is 1.17. The van der Waals surface area contributed by atoms with Crippen molar-refractivity contribution in [1.82, 2.24) is 0 Å². The summed E-state index contributed by atoms with van der Waals surface area (Å²) in [6.45, 7) is 0. The molecule has 0 aliphatic carbocycles. The fourth-order valence-electron chi connectivity index (χ4n) is 1.57. The van der Waals surface area contributed by atoms with Crippen LogP contribution < -0.4 is 5.32 Å². The lowest BCUT2D eigenvalue weighted by atomic mass is 10.2. The number of halogens is 3. The predicted molar refractivity (Wildman–Crippen MR) is 87.9 cm³/mol. The van der Waals surface area contributed by atoms with Gasteiger partial charge < -0.3 is 5.32 Å². The summed E-state index contributed by atoms with van der Waals surface area (Å²) in [5, 5.41) is 13.8. The molecule has 108 valence electrons. The van der Waals surface area contributed by atoms with E-state index in [1.807, 2.05) is 0 Å². The molecule has 0 saturated heterocycles. The number of hydrogen-bond acceptors (Lipinski definition) is 3. The van der Waals surface area contributed by atoms with E-state index in [9.17, 15) is 14.9 Å². The number of benzene rings is 2. The van der Waals surface area contributed by atoms with Gasteiger partial charge in [-0.05, 0) is 56.1 Å². The summed E-state index contributed by atoms with van der Waals surface area (Å²) in [7, 11) is 0. The van der Waals surface area contributed by atoms with Crippen LogP contribution in [0.3, 0.4) is 0 Å². The smallest absolute Gasteiger partial charge is 0.270 e. The minimum absolute atomic E-state index is 0.155. The van der Waals surface area contributed by atoms with Crippen molar-refractivity contribution < 1.29 is 9.72 Å². The summed E-state index contributed by atoms with van der Waals surface area (Å²) in [5.41, 5.74) is 0.507. The van der Waals surface area contributed by atoms with Crippen molar-refractivity contribution in [1.29, 1.82) is 0 Å². The highest BCUT2D eigenvalue weighted by atomic mass is 79.9. The fraction of sp³-hybridized carbons (Fsp3) is 0. The fourth-order valence-corrected chi connectivity index (χ4v) is 2.43. The summed E-state index contributed by atoms with van der Waals surface area (Å²) in [6, 6.07) is 8.92. The number of nitro benzene ring substituents is 1. The van der Waals surface area contributed by atoms with E-state index >= 15 is 0 Å². The molecule has 0 saturated carbocycles. The number of carbonyl (C=O) groups excluding carboxylic acids is 1. The van der Waals surface area contributed by atoms with Gasteiger partial charge in [-0.3, -0.25) is 14.9 Å². The Balaban J connectivity index is 2.29. The highest BCUT2D eigenvalue weighted by Crippen LogP contribution is 2.27. The first-order valence-electron chi connectivity index (χ1n) is 5.59. The third-order valence-corrected chi connectivity index (χ3v) is 4.51. The number of hydrogen-bond donors (Lipinski definition) is 1. The Morgan fingerprint density at radius 1 is 1.14 bits per heavy atom. The quantitative estimate of drug-likeness (QED) is 0.544. The maximum atomic E-state index is 12.2.